The Kier molecular flexibility index (Phi) is 5.28. The molecule has 0 fully saturated rings. The SMILES string of the molecule is CC1(C)Oc2ccc(C#N)cc2[C@@H](N(C#N)C(N)=Nc2ccc([N+](=O)[O-])cc2)[C@@H]1O. The van der Waals surface area contributed by atoms with E-state index in [-0.39, 0.29) is 11.6 Å². The number of nitrogens with zero attached hydrogens (tertiary/aromatic N) is 5. The third kappa shape index (κ3) is 3.72. The highest BCUT2D eigenvalue weighted by molar-refractivity contribution is 5.83. The summed E-state index contributed by atoms with van der Waals surface area (Å²) in [7, 11) is 0. The maximum absolute atomic E-state index is 10.9. The molecule has 2 aromatic carbocycles. The zero-order valence-electron chi connectivity index (χ0n) is 16.2. The van der Waals surface area contributed by atoms with Crippen molar-refractivity contribution in [2.45, 2.75) is 31.6 Å². The second-order valence-corrected chi connectivity index (χ2v) is 7.17. The van der Waals surface area contributed by atoms with Crippen LogP contribution in [0.5, 0.6) is 5.75 Å². The van der Waals surface area contributed by atoms with E-state index in [0.29, 0.717) is 22.6 Å². The fourth-order valence-electron chi connectivity index (χ4n) is 3.21. The van der Waals surface area contributed by atoms with E-state index < -0.39 is 22.7 Å². The highest BCUT2D eigenvalue weighted by Crippen LogP contribution is 2.43. The van der Waals surface area contributed by atoms with Gasteiger partial charge in [-0.15, -0.1) is 0 Å². The van der Waals surface area contributed by atoms with E-state index in [1.165, 1.54) is 30.3 Å². The van der Waals surface area contributed by atoms with Gasteiger partial charge in [-0.05, 0) is 44.2 Å². The van der Waals surface area contributed by atoms with E-state index in [2.05, 4.69) is 4.99 Å². The first-order chi connectivity index (χ1) is 14.2. The quantitative estimate of drug-likeness (QED) is 0.196. The fourth-order valence-corrected chi connectivity index (χ4v) is 3.21. The maximum atomic E-state index is 10.9. The molecule has 0 spiro atoms. The van der Waals surface area contributed by atoms with Gasteiger partial charge in [0.15, 0.2) is 6.19 Å². The first-order valence-electron chi connectivity index (χ1n) is 8.86. The largest absolute Gasteiger partial charge is 0.485 e. The van der Waals surface area contributed by atoms with Crippen molar-refractivity contribution in [3.63, 3.8) is 0 Å². The summed E-state index contributed by atoms with van der Waals surface area (Å²) >= 11 is 0. The number of guanidine groups is 1. The summed E-state index contributed by atoms with van der Waals surface area (Å²) in [5, 5.41) is 40.7. The lowest BCUT2D eigenvalue weighted by Crippen LogP contribution is -2.54. The molecule has 0 amide bonds. The molecular weight excluding hydrogens is 388 g/mol. The molecule has 3 rings (SSSR count). The Balaban J connectivity index is 2.05. The Hall–Kier alpha value is -4.15. The topological polar surface area (TPSA) is 162 Å². The first-order valence-corrected chi connectivity index (χ1v) is 8.86. The molecule has 0 bridgehead atoms. The van der Waals surface area contributed by atoms with Crippen molar-refractivity contribution < 1.29 is 14.8 Å². The molecule has 10 nitrogen and oxygen atoms in total. The fraction of sp³-hybridized carbons (Fsp3) is 0.250. The number of hydrogen-bond acceptors (Lipinski definition) is 7. The third-order valence-electron chi connectivity index (χ3n) is 4.78. The molecule has 1 aliphatic rings. The number of aliphatic hydroxyl groups excluding tert-OH is 1. The van der Waals surface area contributed by atoms with Crippen LogP contribution in [-0.2, 0) is 0 Å². The summed E-state index contributed by atoms with van der Waals surface area (Å²) in [6, 6.07) is 11.1. The minimum atomic E-state index is -1.18. The summed E-state index contributed by atoms with van der Waals surface area (Å²) < 4.78 is 5.85. The van der Waals surface area contributed by atoms with Crippen molar-refractivity contribution in [2.24, 2.45) is 10.7 Å². The van der Waals surface area contributed by atoms with E-state index in [1.807, 2.05) is 12.3 Å². The number of nitriles is 2. The normalized spacial score (nSPS) is 19.6. The number of aliphatic imine (C=N–C) groups is 1. The molecule has 1 aliphatic heterocycles. The Bertz CT molecular complexity index is 1100. The summed E-state index contributed by atoms with van der Waals surface area (Å²) in [5.41, 5.74) is 5.96. The highest BCUT2D eigenvalue weighted by Gasteiger charge is 2.46. The zero-order valence-corrected chi connectivity index (χ0v) is 16.2. The predicted octanol–water partition coefficient (Wildman–Crippen LogP) is 2.47. The van der Waals surface area contributed by atoms with E-state index in [9.17, 15) is 25.7 Å². The van der Waals surface area contributed by atoms with E-state index in [0.717, 1.165) is 4.90 Å². The van der Waals surface area contributed by atoms with Crippen LogP contribution >= 0.6 is 0 Å². The second-order valence-electron chi connectivity index (χ2n) is 7.17. The van der Waals surface area contributed by atoms with Crippen LogP contribution in [0.15, 0.2) is 47.5 Å². The minimum absolute atomic E-state index is 0.107. The van der Waals surface area contributed by atoms with Gasteiger partial charge >= 0.3 is 0 Å². The standard InChI is InChI=1S/C20H18N6O4/c1-20(2)18(27)17(15-9-12(10-21)3-8-16(15)30-20)25(11-22)19(23)24-13-4-6-14(7-5-13)26(28)29/h3-9,17-18,27H,1-2H3,(H2,23,24)/t17-,18+/m1/s1. The van der Waals surface area contributed by atoms with Crippen LogP contribution < -0.4 is 10.5 Å². The van der Waals surface area contributed by atoms with Crippen molar-refractivity contribution >= 4 is 17.3 Å². The van der Waals surface area contributed by atoms with Crippen LogP contribution in [0.4, 0.5) is 11.4 Å². The van der Waals surface area contributed by atoms with Gasteiger partial charge in [0.2, 0.25) is 5.96 Å². The molecule has 0 radical (unpaired) electrons. The molecule has 152 valence electrons. The van der Waals surface area contributed by atoms with Crippen molar-refractivity contribution in [1.82, 2.24) is 4.90 Å². The Morgan fingerprint density at radius 3 is 2.53 bits per heavy atom. The van der Waals surface area contributed by atoms with Gasteiger partial charge in [0.1, 0.15) is 23.5 Å². The van der Waals surface area contributed by atoms with Gasteiger partial charge in [0, 0.05) is 17.7 Å². The van der Waals surface area contributed by atoms with E-state index >= 15 is 0 Å². The first kappa shape index (κ1) is 20.6. The highest BCUT2D eigenvalue weighted by atomic mass is 16.6. The molecule has 0 aromatic heterocycles. The number of ether oxygens (including phenoxy) is 1. The van der Waals surface area contributed by atoms with Gasteiger partial charge in [-0.25, -0.2) is 9.89 Å². The number of rotatable bonds is 3. The number of nitro groups is 1. The summed E-state index contributed by atoms with van der Waals surface area (Å²) in [5.74, 6) is 0.194. The van der Waals surface area contributed by atoms with Crippen LogP contribution in [0.2, 0.25) is 0 Å². The average Bonchev–Trinajstić information content (AvgIpc) is 2.71. The van der Waals surface area contributed by atoms with Crippen LogP contribution in [0.1, 0.15) is 31.0 Å². The lowest BCUT2D eigenvalue weighted by Gasteiger charge is -2.44. The monoisotopic (exact) mass is 406 g/mol. The lowest BCUT2D eigenvalue weighted by atomic mass is 9.85. The number of nitro benzene ring substituents is 1. The molecule has 3 N–H and O–H groups in total. The summed E-state index contributed by atoms with van der Waals surface area (Å²) in [6.45, 7) is 3.34. The third-order valence-corrected chi connectivity index (χ3v) is 4.78. The molecule has 30 heavy (non-hydrogen) atoms. The number of fused-ring (bicyclic) bond motifs is 1. The number of aliphatic hydroxyl groups is 1. The van der Waals surface area contributed by atoms with Crippen molar-refractivity contribution in [3.05, 3.63) is 63.7 Å². The number of non-ortho nitro benzene ring substituents is 1. The smallest absolute Gasteiger partial charge is 0.269 e. The lowest BCUT2D eigenvalue weighted by molar-refractivity contribution is -0.384. The maximum Gasteiger partial charge on any atom is 0.269 e. The van der Waals surface area contributed by atoms with Crippen LogP contribution in [0.3, 0.4) is 0 Å². The molecule has 0 aliphatic carbocycles. The van der Waals surface area contributed by atoms with E-state index in [4.69, 9.17) is 10.5 Å². The minimum Gasteiger partial charge on any atom is -0.485 e. The summed E-state index contributed by atoms with van der Waals surface area (Å²) in [6.07, 6.45) is 0.762. The van der Waals surface area contributed by atoms with Crippen molar-refractivity contribution in [1.29, 1.82) is 10.5 Å². The second kappa shape index (κ2) is 7.70. The number of nitrogens with two attached hydrogens (primary N) is 1. The van der Waals surface area contributed by atoms with Gasteiger partial charge in [0.05, 0.1) is 22.2 Å². The Labute approximate surface area is 172 Å². The molecule has 0 saturated carbocycles. The average molecular weight is 406 g/mol. The molecule has 0 saturated heterocycles. The van der Waals surface area contributed by atoms with Crippen LogP contribution in [-0.4, -0.2) is 32.6 Å². The van der Waals surface area contributed by atoms with E-state index in [1.54, 1.807) is 26.0 Å². The zero-order chi connectivity index (χ0) is 22.1. The molecule has 10 heteroatoms. The van der Waals surface area contributed by atoms with Crippen LogP contribution in [0.25, 0.3) is 0 Å². The molecule has 0 unspecified atom stereocenters. The molecular formula is C20H18N6O4. The van der Waals surface area contributed by atoms with Gasteiger partial charge in [-0.3, -0.25) is 10.1 Å². The van der Waals surface area contributed by atoms with Gasteiger partial charge < -0.3 is 15.6 Å². The van der Waals surface area contributed by atoms with Gasteiger partial charge in [0.25, 0.3) is 5.69 Å². The Morgan fingerprint density at radius 2 is 1.97 bits per heavy atom. The van der Waals surface area contributed by atoms with Gasteiger partial charge in [-0.2, -0.15) is 10.5 Å². The van der Waals surface area contributed by atoms with Crippen molar-refractivity contribution in [3.8, 4) is 18.0 Å². The van der Waals surface area contributed by atoms with Crippen LogP contribution in [0, 0.1) is 32.9 Å². The predicted molar refractivity (Wildman–Crippen MR) is 106 cm³/mol. The molecule has 2 atom stereocenters. The van der Waals surface area contributed by atoms with Gasteiger partial charge in [-0.1, -0.05) is 0 Å². The van der Waals surface area contributed by atoms with Crippen molar-refractivity contribution in [2.75, 3.05) is 0 Å². The molecule has 1 heterocycles. The molecule has 2 aromatic rings. The Morgan fingerprint density at radius 1 is 1.30 bits per heavy atom. The number of hydrogen-bond donors (Lipinski definition) is 2. The number of benzene rings is 2. The summed E-state index contributed by atoms with van der Waals surface area (Å²) in [4.78, 5) is 15.5.